The summed E-state index contributed by atoms with van der Waals surface area (Å²) in [5, 5.41) is 5.11. The fourth-order valence-electron chi connectivity index (χ4n) is 2.38. The third-order valence-corrected chi connectivity index (χ3v) is 3.63. The normalized spacial score (nSPS) is 12.8. The van der Waals surface area contributed by atoms with Gasteiger partial charge in [0.05, 0.1) is 11.3 Å². The van der Waals surface area contributed by atoms with Gasteiger partial charge in [-0.25, -0.2) is 4.79 Å². The second kappa shape index (κ2) is 7.44. The number of amides is 2. The number of alkyl carbamates (subject to hydrolysis) is 1. The maximum atomic E-state index is 11.6. The number of fused-ring (bicyclic) bond motifs is 1. The third kappa shape index (κ3) is 4.11. The molecule has 2 aromatic carbocycles. The number of nitrogens with one attached hydrogen (secondary N) is 2. The Bertz CT molecular complexity index is 844. The Hall–Kier alpha value is -3.41. The molecule has 0 fully saturated rings. The summed E-state index contributed by atoms with van der Waals surface area (Å²) in [6.45, 7) is 0.500. The fraction of sp³-hybridized carbons (Fsp3) is 0.105. The van der Waals surface area contributed by atoms with Crippen LogP contribution in [-0.4, -0.2) is 24.3 Å². The van der Waals surface area contributed by atoms with Gasteiger partial charge in [-0.2, -0.15) is 0 Å². The number of carbonyl (C=O) groups is 3. The molecule has 0 saturated carbocycles. The summed E-state index contributed by atoms with van der Waals surface area (Å²) < 4.78 is 5.09. The largest absolute Gasteiger partial charge is 0.445 e. The molecule has 2 N–H and O–H groups in total. The fourth-order valence-corrected chi connectivity index (χ4v) is 2.38. The van der Waals surface area contributed by atoms with E-state index in [0.717, 1.165) is 11.1 Å². The first-order valence-electron chi connectivity index (χ1n) is 7.74. The van der Waals surface area contributed by atoms with E-state index in [2.05, 4.69) is 10.6 Å². The van der Waals surface area contributed by atoms with Crippen LogP contribution in [0, 0.1) is 0 Å². The predicted octanol–water partition coefficient (Wildman–Crippen LogP) is 2.76. The zero-order valence-corrected chi connectivity index (χ0v) is 13.3. The monoisotopic (exact) mass is 336 g/mol. The quantitative estimate of drug-likeness (QED) is 0.822. The Morgan fingerprint density at radius 3 is 2.72 bits per heavy atom. The van der Waals surface area contributed by atoms with E-state index in [0.29, 0.717) is 11.3 Å². The van der Waals surface area contributed by atoms with Crippen LogP contribution in [0.4, 0.5) is 10.5 Å². The maximum Gasteiger partial charge on any atom is 0.407 e. The van der Waals surface area contributed by atoms with Crippen LogP contribution >= 0.6 is 0 Å². The minimum atomic E-state index is -0.612. The van der Waals surface area contributed by atoms with Gasteiger partial charge in [-0.15, -0.1) is 0 Å². The van der Waals surface area contributed by atoms with Crippen LogP contribution in [0.3, 0.4) is 0 Å². The number of carbonyl (C=O) groups excluding carboxylic acids is 3. The summed E-state index contributed by atoms with van der Waals surface area (Å²) in [5.74, 6) is -1.15. The first kappa shape index (κ1) is 16.4. The first-order chi connectivity index (χ1) is 12.1. The van der Waals surface area contributed by atoms with E-state index in [1.807, 2.05) is 30.3 Å². The van der Waals surface area contributed by atoms with Crippen LogP contribution in [0.5, 0.6) is 0 Å². The van der Waals surface area contributed by atoms with Gasteiger partial charge in [-0.1, -0.05) is 48.6 Å². The van der Waals surface area contributed by atoms with Crippen molar-refractivity contribution in [1.29, 1.82) is 0 Å². The summed E-state index contributed by atoms with van der Waals surface area (Å²) in [4.78, 5) is 34.6. The maximum absolute atomic E-state index is 11.6. The lowest BCUT2D eigenvalue weighted by molar-refractivity contribution is -0.112. The van der Waals surface area contributed by atoms with Gasteiger partial charge in [0.2, 0.25) is 0 Å². The minimum absolute atomic E-state index is 0.213. The number of rotatable bonds is 5. The molecule has 0 bridgehead atoms. The van der Waals surface area contributed by atoms with E-state index in [9.17, 15) is 14.4 Å². The molecular weight excluding hydrogens is 320 g/mol. The van der Waals surface area contributed by atoms with Crippen molar-refractivity contribution < 1.29 is 19.1 Å². The van der Waals surface area contributed by atoms with Crippen LogP contribution in [0.2, 0.25) is 0 Å². The van der Waals surface area contributed by atoms with Crippen LogP contribution in [0.1, 0.15) is 21.5 Å². The lowest BCUT2D eigenvalue weighted by atomic mass is 10.1. The summed E-state index contributed by atoms with van der Waals surface area (Å²) in [6.07, 6.45) is 2.99. The molecule has 6 nitrogen and oxygen atoms in total. The van der Waals surface area contributed by atoms with Gasteiger partial charge in [0, 0.05) is 6.54 Å². The molecule has 3 rings (SSSR count). The highest BCUT2D eigenvalue weighted by atomic mass is 16.5. The van der Waals surface area contributed by atoms with Crippen molar-refractivity contribution in [2.24, 2.45) is 0 Å². The highest BCUT2D eigenvalue weighted by Gasteiger charge is 2.27. The number of ether oxygens (including phenoxy) is 1. The van der Waals surface area contributed by atoms with Crippen molar-refractivity contribution in [3.63, 3.8) is 0 Å². The van der Waals surface area contributed by atoms with E-state index < -0.39 is 17.8 Å². The number of hydrogen-bond donors (Lipinski definition) is 2. The zero-order valence-electron chi connectivity index (χ0n) is 13.3. The molecule has 1 aliphatic heterocycles. The summed E-state index contributed by atoms with van der Waals surface area (Å²) in [7, 11) is 0. The lowest BCUT2D eigenvalue weighted by Crippen LogP contribution is -2.24. The average Bonchev–Trinajstić information content (AvgIpc) is 2.92. The molecule has 1 heterocycles. The lowest BCUT2D eigenvalue weighted by Gasteiger charge is -2.05. The number of ketones is 1. The molecule has 1 aliphatic rings. The molecule has 0 spiro atoms. The third-order valence-electron chi connectivity index (χ3n) is 3.63. The summed E-state index contributed by atoms with van der Waals surface area (Å²) in [5.41, 5.74) is 2.57. The van der Waals surface area contributed by atoms with Gasteiger partial charge in [0.15, 0.2) is 0 Å². The van der Waals surface area contributed by atoms with Crippen LogP contribution in [-0.2, 0) is 16.1 Å². The Morgan fingerprint density at radius 1 is 1.12 bits per heavy atom. The van der Waals surface area contributed by atoms with Crippen LogP contribution < -0.4 is 10.6 Å². The molecular formula is C19H16N2O4. The van der Waals surface area contributed by atoms with Crippen molar-refractivity contribution in [1.82, 2.24) is 5.32 Å². The number of benzene rings is 2. The highest BCUT2D eigenvalue weighted by Crippen LogP contribution is 2.24. The van der Waals surface area contributed by atoms with Crippen molar-refractivity contribution in [2.75, 3.05) is 11.9 Å². The van der Waals surface area contributed by atoms with Gasteiger partial charge < -0.3 is 15.4 Å². The molecule has 0 aliphatic carbocycles. The molecule has 0 unspecified atom stereocenters. The Morgan fingerprint density at radius 2 is 1.92 bits per heavy atom. The minimum Gasteiger partial charge on any atom is -0.445 e. The average molecular weight is 336 g/mol. The Kier molecular flexibility index (Phi) is 4.89. The Balaban J connectivity index is 1.47. The van der Waals surface area contributed by atoms with Gasteiger partial charge in [0.25, 0.3) is 11.7 Å². The van der Waals surface area contributed by atoms with E-state index >= 15 is 0 Å². The molecule has 6 heteroatoms. The molecule has 0 radical (unpaired) electrons. The topological polar surface area (TPSA) is 84.5 Å². The molecule has 0 saturated heterocycles. The van der Waals surface area contributed by atoms with Crippen molar-refractivity contribution >= 4 is 29.5 Å². The van der Waals surface area contributed by atoms with Crippen LogP contribution in [0.25, 0.3) is 6.08 Å². The molecule has 2 amide bonds. The smallest absolute Gasteiger partial charge is 0.407 e. The molecule has 0 atom stereocenters. The van der Waals surface area contributed by atoms with E-state index in [1.165, 1.54) is 0 Å². The van der Waals surface area contributed by atoms with E-state index in [-0.39, 0.29) is 13.2 Å². The molecule has 2 aromatic rings. The Labute approximate surface area is 144 Å². The zero-order chi connectivity index (χ0) is 17.6. The first-order valence-corrected chi connectivity index (χ1v) is 7.74. The van der Waals surface area contributed by atoms with Crippen LogP contribution in [0.15, 0.2) is 54.6 Å². The molecule has 0 aromatic heterocycles. The van der Waals surface area contributed by atoms with Crippen molar-refractivity contribution in [3.8, 4) is 0 Å². The van der Waals surface area contributed by atoms with E-state index in [4.69, 9.17) is 4.74 Å². The van der Waals surface area contributed by atoms with Gasteiger partial charge >= 0.3 is 6.09 Å². The molecule has 126 valence electrons. The summed E-state index contributed by atoms with van der Waals surface area (Å²) in [6, 6.07) is 14.5. The van der Waals surface area contributed by atoms with Gasteiger partial charge in [-0.3, -0.25) is 9.59 Å². The van der Waals surface area contributed by atoms with Gasteiger partial charge in [0.1, 0.15) is 6.61 Å². The van der Waals surface area contributed by atoms with Crippen molar-refractivity contribution in [3.05, 3.63) is 71.3 Å². The second-order valence-electron chi connectivity index (χ2n) is 5.43. The standard InChI is InChI=1S/C19H16N2O4/c22-17-15-11-13(8-9-16(15)21-18(17)23)7-4-10-20-19(24)25-12-14-5-2-1-3-6-14/h1-9,11H,10,12H2,(H,20,24)(H,21,22,23). The van der Waals surface area contributed by atoms with E-state index in [1.54, 1.807) is 30.4 Å². The summed E-state index contributed by atoms with van der Waals surface area (Å²) >= 11 is 0. The predicted molar refractivity (Wildman–Crippen MR) is 93.1 cm³/mol. The second-order valence-corrected chi connectivity index (χ2v) is 5.43. The molecule has 25 heavy (non-hydrogen) atoms. The van der Waals surface area contributed by atoms with Crippen molar-refractivity contribution in [2.45, 2.75) is 6.61 Å². The number of anilines is 1. The number of Topliss-reactive ketones (excluding diaryl/α,β-unsaturated/α-hetero) is 1. The van der Waals surface area contributed by atoms with Gasteiger partial charge in [-0.05, 0) is 23.3 Å². The SMILES string of the molecule is O=C(NCC=Cc1ccc2c(c1)C(=O)C(=O)N2)OCc1ccccc1. The highest BCUT2D eigenvalue weighted by molar-refractivity contribution is 6.51. The number of hydrogen-bond acceptors (Lipinski definition) is 4.